The largest absolute Gasteiger partial charge is 0.493 e. The summed E-state index contributed by atoms with van der Waals surface area (Å²) in [4.78, 5) is 24.6. The van der Waals surface area contributed by atoms with Gasteiger partial charge in [-0.1, -0.05) is 36.4 Å². The second kappa shape index (κ2) is 9.58. The summed E-state index contributed by atoms with van der Waals surface area (Å²) in [7, 11) is -3.19. The number of anilines is 1. The van der Waals surface area contributed by atoms with E-state index in [0.717, 1.165) is 22.8 Å². The Hall–Kier alpha value is -3.13. The monoisotopic (exact) mass is 428 g/mol. The average Bonchev–Trinajstić information content (AvgIpc) is 2.71. The van der Waals surface area contributed by atoms with Crippen LogP contribution in [0.4, 0.5) is 5.69 Å². The third kappa shape index (κ3) is 5.93. The van der Waals surface area contributed by atoms with Gasteiger partial charge in [-0.15, -0.1) is 0 Å². The van der Waals surface area contributed by atoms with E-state index in [2.05, 4.69) is 5.32 Å². The van der Waals surface area contributed by atoms with Gasteiger partial charge in [0, 0.05) is 30.8 Å². The van der Waals surface area contributed by atoms with Gasteiger partial charge in [0.05, 0.1) is 12.4 Å². The Labute approximate surface area is 175 Å². The van der Waals surface area contributed by atoms with Crippen LogP contribution in [0.25, 0.3) is 10.8 Å². The SMILES string of the molecule is CS(=O)(=O)CCn1cccc(NC(=O)CCCOc2cccc3ccccc23)c1=O. The van der Waals surface area contributed by atoms with Gasteiger partial charge in [-0.05, 0) is 30.0 Å². The van der Waals surface area contributed by atoms with Gasteiger partial charge in [0.15, 0.2) is 0 Å². The lowest BCUT2D eigenvalue weighted by Crippen LogP contribution is -2.27. The van der Waals surface area contributed by atoms with Gasteiger partial charge in [0.2, 0.25) is 5.91 Å². The van der Waals surface area contributed by atoms with Crippen LogP contribution in [0.1, 0.15) is 12.8 Å². The highest BCUT2D eigenvalue weighted by Gasteiger charge is 2.10. The molecule has 7 nitrogen and oxygen atoms in total. The summed E-state index contributed by atoms with van der Waals surface area (Å²) in [5.74, 6) is 0.329. The Kier molecular flexibility index (Phi) is 6.89. The standard InChI is InChI=1S/C22H24N2O5S/c1-30(27,28)16-14-24-13-5-10-19(22(24)26)23-21(25)12-6-15-29-20-11-4-8-17-7-2-3-9-18(17)20/h2-5,7-11,13H,6,12,14-16H2,1H3,(H,23,25). The van der Waals surface area contributed by atoms with Crippen LogP contribution >= 0.6 is 0 Å². The van der Waals surface area contributed by atoms with Crippen molar-refractivity contribution in [2.75, 3.05) is 23.9 Å². The zero-order valence-electron chi connectivity index (χ0n) is 16.7. The van der Waals surface area contributed by atoms with Crippen molar-refractivity contribution in [1.82, 2.24) is 4.57 Å². The minimum Gasteiger partial charge on any atom is -0.493 e. The summed E-state index contributed by atoms with van der Waals surface area (Å²) in [6.45, 7) is 0.412. The van der Waals surface area contributed by atoms with E-state index in [9.17, 15) is 18.0 Å². The van der Waals surface area contributed by atoms with E-state index < -0.39 is 15.4 Å². The van der Waals surface area contributed by atoms with Crippen molar-refractivity contribution in [3.63, 3.8) is 0 Å². The molecule has 0 spiro atoms. The molecule has 0 saturated carbocycles. The van der Waals surface area contributed by atoms with Crippen LogP contribution in [-0.4, -0.2) is 37.5 Å². The minimum absolute atomic E-state index is 0.0419. The van der Waals surface area contributed by atoms with Crippen LogP contribution in [0.3, 0.4) is 0 Å². The Morgan fingerprint density at radius 2 is 1.83 bits per heavy atom. The molecule has 0 atom stereocenters. The van der Waals surface area contributed by atoms with Gasteiger partial charge >= 0.3 is 0 Å². The van der Waals surface area contributed by atoms with E-state index >= 15 is 0 Å². The van der Waals surface area contributed by atoms with Crippen LogP contribution in [0.15, 0.2) is 65.6 Å². The number of hydrogen-bond acceptors (Lipinski definition) is 5. The third-order valence-electron chi connectivity index (χ3n) is 4.55. The highest BCUT2D eigenvalue weighted by Crippen LogP contribution is 2.25. The number of carbonyl (C=O) groups excluding carboxylic acids is 1. The molecule has 3 aromatic rings. The van der Waals surface area contributed by atoms with Gasteiger partial charge in [0.25, 0.3) is 5.56 Å². The summed E-state index contributed by atoms with van der Waals surface area (Å²) in [6.07, 6.45) is 3.30. The molecule has 30 heavy (non-hydrogen) atoms. The van der Waals surface area contributed by atoms with Crippen molar-refractivity contribution >= 4 is 32.2 Å². The van der Waals surface area contributed by atoms with Gasteiger partial charge < -0.3 is 14.6 Å². The summed E-state index contributed by atoms with van der Waals surface area (Å²) < 4.78 is 29.7. The van der Waals surface area contributed by atoms with E-state index in [1.807, 2.05) is 42.5 Å². The number of hydrogen-bond donors (Lipinski definition) is 1. The fourth-order valence-electron chi connectivity index (χ4n) is 3.02. The van der Waals surface area contributed by atoms with Gasteiger partial charge in [-0.2, -0.15) is 0 Å². The lowest BCUT2D eigenvalue weighted by atomic mass is 10.1. The van der Waals surface area contributed by atoms with Crippen LogP contribution in [0.2, 0.25) is 0 Å². The highest BCUT2D eigenvalue weighted by molar-refractivity contribution is 7.90. The molecule has 3 rings (SSSR count). The number of sulfone groups is 1. The fourth-order valence-corrected chi connectivity index (χ4v) is 3.55. The molecule has 158 valence electrons. The molecule has 0 bridgehead atoms. The maximum atomic E-state index is 12.4. The van der Waals surface area contributed by atoms with Crippen LogP contribution < -0.4 is 15.6 Å². The van der Waals surface area contributed by atoms with Gasteiger partial charge in [0.1, 0.15) is 21.3 Å². The number of nitrogens with one attached hydrogen (secondary N) is 1. The molecule has 8 heteroatoms. The zero-order valence-corrected chi connectivity index (χ0v) is 17.5. The third-order valence-corrected chi connectivity index (χ3v) is 5.48. The number of benzene rings is 2. The van der Waals surface area contributed by atoms with Crippen molar-refractivity contribution in [3.8, 4) is 5.75 Å². The summed E-state index contributed by atoms with van der Waals surface area (Å²) in [5, 5.41) is 4.70. The molecule has 1 N–H and O–H groups in total. The number of ether oxygens (including phenoxy) is 1. The first-order valence-electron chi connectivity index (χ1n) is 9.61. The molecular weight excluding hydrogens is 404 g/mol. The molecular formula is C22H24N2O5S. The smallest absolute Gasteiger partial charge is 0.274 e. The lowest BCUT2D eigenvalue weighted by Gasteiger charge is -2.10. The zero-order chi connectivity index (χ0) is 21.6. The van der Waals surface area contributed by atoms with E-state index in [-0.39, 0.29) is 30.3 Å². The number of rotatable bonds is 9. The Morgan fingerprint density at radius 3 is 2.63 bits per heavy atom. The summed E-state index contributed by atoms with van der Waals surface area (Å²) in [6, 6.07) is 16.9. The number of nitrogens with zero attached hydrogens (tertiary/aromatic N) is 1. The normalized spacial score (nSPS) is 11.4. The number of aryl methyl sites for hydroxylation is 1. The van der Waals surface area contributed by atoms with Crippen molar-refractivity contribution in [3.05, 3.63) is 71.1 Å². The van der Waals surface area contributed by atoms with Crippen LogP contribution in [0, 0.1) is 0 Å². The van der Waals surface area contributed by atoms with Crippen LogP contribution in [-0.2, 0) is 21.2 Å². The first-order valence-corrected chi connectivity index (χ1v) is 11.7. The number of fused-ring (bicyclic) bond motifs is 1. The fraction of sp³-hybridized carbons (Fsp3) is 0.273. The molecule has 1 heterocycles. The van der Waals surface area contributed by atoms with E-state index in [4.69, 9.17) is 4.74 Å². The molecule has 1 amide bonds. The summed E-state index contributed by atoms with van der Waals surface area (Å²) >= 11 is 0. The van der Waals surface area contributed by atoms with Crippen molar-refractivity contribution < 1.29 is 17.9 Å². The predicted octanol–water partition coefficient (Wildman–Crippen LogP) is 2.84. The predicted molar refractivity (Wildman–Crippen MR) is 118 cm³/mol. The molecule has 0 fully saturated rings. The first kappa shape index (κ1) is 21.6. The second-order valence-electron chi connectivity index (χ2n) is 7.03. The Morgan fingerprint density at radius 1 is 1.07 bits per heavy atom. The molecule has 0 saturated heterocycles. The minimum atomic E-state index is -3.19. The molecule has 0 radical (unpaired) electrons. The maximum Gasteiger partial charge on any atom is 0.274 e. The van der Waals surface area contributed by atoms with Crippen LogP contribution in [0.5, 0.6) is 5.75 Å². The molecule has 0 aliphatic rings. The Bertz CT molecular complexity index is 1200. The quantitative estimate of drug-likeness (QED) is 0.529. The van der Waals surface area contributed by atoms with Crippen molar-refractivity contribution in [1.29, 1.82) is 0 Å². The molecule has 0 aliphatic carbocycles. The van der Waals surface area contributed by atoms with Crippen molar-refractivity contribution in [2.45, 2.75) is 19.4 Å². The van der Waals surface area contributed by atoms with Gasteiger partial charge in [-0.3, -0.25) is 9.59 Å². The van der Waals surface area contributed by atoms with E-state index in [1.54, 1.807) is 6.07 Å². The molecule has 2 aromatic carbocycles. The summed E-state index contributed by atoms with van der Waals surface area (Å²) in [5.41, 5.74) is -0.299. The number of pyridine rings is 1. The van der Waals surface area contributed by atoms with E-state index in [0.29, 0.717) is 13.0 Å². The highest BCUT2D eigenvalue weighted by atomic mass is 32.2. The lowest BCUT2D eigenvalue weighted by molar-refractivity contribution is -0.116. The van der Waals surface area contributed by atoms with E-state index in [1.165, 1.54) is 16.8 Å². The first-order chi connectivity index (χ1) is 14.3. The van der Waals surface area contributed by atoms with Crippen molar-refractivity contribution in [2.24, 2.45) is 0 Å². The topological polar surface area (TPSA) is 94.5 Å². The second-order valence-corrected chi connectivity index (χ2v) is 9.29. The number of amides is 1. The van der Waals surface area contributed by atoms with Gasteiger partial charge in [-0.25, -0.2) is 8.42 Å². The maximum absolute atomic E-state index is 12.4. The molecule has 0 aliphatic heterocycles. The Balaban J connectivity index is 1.52. The number of carbonyl (C=O) groups is 1. The molecule has 0 unspecified atom stereocenters. The average molecular weight is 429 g/mol. The number of aromatic nitrogens is 1. The molecule has 1 aromatic heterocycles.